The molecule has 6 rings (SSSR count). The number of piperazine rings is 1. The number of pyridine rings is 2. The molecule has 0 spiro atoms. The standard InChI is InChI=1S/C25H25N5O/c26-13-16-3-6-18(7-4-16)29-14-21-11-20(29)15-30(21)19-8-5-17(10-19)23-12-24-22(25(31)28-23)2-1-9-27-24/h1-3,6,9-10,12,19-21H,4-5,7-8,11,14-15H2,(H,28,31)/t19-,20+,21+/m1/s1. The maximum atomic E-state index is 12.5. The van der Waals surface area contributed by atoms with Crippen LogP contribution in [0.15, 0.2) is 58.7 Å². The summed E-state index contributed by atoms with van der Waals surface area (Å²) in [5.41, 5.74) is 5.14. The van der Waals surface area contributed by atoms with Gasteiger partial charge in [-0.25, -0.2) is 0 Å². The Hall–Kier alpha value is -3.17. The zero-order valence-corrected chi connectivity index (χ0v) is 17.4. The van der Waals surface area contributed by atoms with Gasteiger partial charge in [-0.2, -0.15) is 5.26 Å². The van der Waals surface area contributed by atoms with Crippen molar-refractivity contribution < 1.29 is 0 Å². The van der Waals surface area contributed by atoms with Crippen molar-refractivity contribution in [2.24, 2.45) is 0 Å². The lowest BCUT2D eigenvalue weighted by atomic mass is 10.0. The Balaban J connectivity index is 1.19. The van der Waals surface area contributed by atoms with Crippen molar-refractivity contribution in [1.82, 2.24) is 19.8 Å². The highest BCUT2D eigenvalue weighted by Crippen LogP contribution is 2.40. The third-order valence-corrected chi connectivity index (χ3v) is 7.41. The van der Waals surface area contributed by atoms with E-state index < -0.39 is 0 Å². The van der Waals surface area contributed by atoms with E-state index in [1.165, 1.54) is 17.7 Å². The third kappa shape index (κ3) is 3.12. The highest BCUT2D eigenvalue weighted by Gasteiger charge is 2.46. The second-order valence-corrected chi connectivity index (χ2v) is 9.10. The number of hydrogen-bond donors (Lipinski definition) is 1. The van der Waals surface area contributed by atoms with Crippen molar-refractivity contribution in [2.45, 2.75) is 50.2 Å². The zero-order valence-electron chi connectivity index (χ0n) is 17.4. The molecule has 1 N–H and O–H groups in total. The summed E-state index contributed by atoms with van der Waals surface area (Å²) < 4.78 is 0. The van der Waals surface area contributed by atoms with Crippen LogP contribution in [0.5, 0.6) is 0 Å². The first-order valence-corrected chi connectivity index (χ1v) is 11.2. The zero-order chi connectivity index (χ0) is 20.9. The largest absolute Gasteiger partial charge is 0.369 e. The molecule has 0 saturated carbocycles. The highest BCUT2D eigenvalue weighted by atomic mass is 16.1. The van der Waals surface area contributed by atoms with E-state index in [4.69, 9.17) is 5.26 Å². The van der Waals surface area contributed by atoms with Gasteiger partial charge >= 0.3 is 0 Å². The number of aromatic nitrogens is 2. The first-order chi connectivity index (χ1) is 15.2. The Bertz CT molecular complexity index is 1250. The number of nitriles is 1. The van der Waals surface area contributed by atoms with E-state index in [2.05, 4.69) is 38.0 Å². The molecule has 2 fully saturated rings. The molecule has 31 heavy (non-hydrogen) atoms. The van der Waals surface area contributed by atoms with Gasteiger partial charge in [-0.15, -0.1) is 0 Å². The van der Waals surface area contributed by atoms with Crippen molar-refractivity contribution in [3.8, 4) is 6.07 Å². The number of fused-ring (bicyclic) bond motifs is 3. The number of H-pyrrole nitrogens is 1. The minimum absolute atomic E-state index is 0.0600. The highest BCUT2D eigenvalue weighted by molar-refractivity contribution is 5.81. The number of nitrogens with zero attached hydrogens (tertiary/aromatic N) is 4. The van der Waals surface area contributed by atoms with Crippen molar-refractivity contribution in [3.63, 3.8) is 0 Å². The molecule has 6 nitrogen and oxygen atoms in total. The van der Waals surface area contributed by atoms with Crippen LogP contribution in [-0.4, -0.2) is 51.0 Å². The average molecular weight is 412 g/mol. The van der Waals surface area contributed by atoms with Gasteiger partial charge in [-0.3, -0.25) is 14.7 Å². The minimum atomic E-state index is -0.0600. The molecule has 156 valence electrons. The molecule has 6 heteroatoms. The predicted octanol–water partition coefficient (Wildman–Crippen LogP) is 3.36. The predicted molar refractivity (Wildman–Crippen MR) is 120 cm³/mol. The van der Waals surface area contributed by atoms with Gasteiger partial charge in [0.1, 0.15) is 0 Å². The summed E-state index contributed by atoms with van der Waals surface area (Å²) in [7, 11) is 0. The summed E-state index contributed by atoms with van der Waals surface area (Å²) >= 11 is 0. The van der Waals surface area contributed by atoms with Crippen LogP contribution in [0.1, 0.15) is 37.8 Å². The van der Waals surface area contributed by atoms with E-state index in [0.717, 1.165) is 55.6 Å². The maximum absolute atomic E-state index is 12.5. The Labute approximate surface area is 181 Å². The van der Waals surface area contributed by atoms with Crippen molar-refractivity contribution >= 4 is 16.5 Å². The fraction of sp³-hybridized carbons (Fsp3) is 0.400. The second kappa shape index (κ2) is 7.21. The number of aromatic amines is 1. The Morgan fingerprint density at radius 3 is 2.87 bits per heavy atom. The molecule has 2 saturated heterocycles. The average Bonchev–Trinajstić information content (AvgIpc) is 3.55. The first kappa shape index (κ1) is 18.6. The van der Waals surface area contributed by atoms with Gasteiger partial charge in [-0.05, 0) is 68.0 Å². The third-order valence-electron chi connectivity index (χ3n) is 7.41. The Morgan fingerprint density at radius 2 is 2.10 bits per heavy atom. The quantitative estimate of drug-likeness (QED) is 0.838. The van der Waals surface area contributed by atoms with E-state index in [1.807, 2.05) is 18.2 Å². The van der Waals surface area contributed by atoms with Gasteiger partial charge in [0, 0.05) is 54.4 Å². The normalized spacial score (nSPS) is 27.9. The summed E-state index contributed by atoms with van der Waals surface area (Å²) in [6.07, 6.45) is 13.4. The Kier molecular flexibility index (Phi) is 4.32. The molecule has 2 aliphatic heterocycles. The molecule has 2 aromatic rings. The van der Waals surface area contributed by atoms with Crippen LogP contribution in [0.4, 0.5) is 0 Å². The molecule has 3 atom stereocenters. The van der Waals surface area contributed by atoms with Crippen LogP contribution in [0.2, 0.25) is 0 Å². The van der Waals surface area contributed by atoms with Crippen LogP contribution < -0.4 is 5.56 Å². The van der Waals surface area contributed by atoms with Crippen LogP contribution in [0, 0.1) is 11.3 Å². The molecule has 0 radical (unpaired) electrons. The topological polar surface area (TPSA) is 76.0 Å². The molecule has 0 amide bonds. The van der Waals surface area contributed by atoms with Crippen LogP contribution >= 0.6 is 0 Å². The van der Waals surface area contributed by atoms with Crippen molar-refractivity contribution in [2.75, 3.05) is 13.1 Å². The van der Waals surface area contributed by atoms with E-state index >= 15 is 0 Å². The van der Waals surface area contributed by atoms with Gasteiger partial charge in [0.25, 0.3) is 5.56 Å². The fourth-order valence-corrected chi connectivity index (χ4v) is 5.86. The molecular formula is C25H25N5O. The molecule has 2 aromatic heterocycles. The van der Waals surface area contributed by atoms with Gasteiger partial charge < -0.3 is 9.88 Å². The molecule has 2 aliphatic carbocycles. The summed E-state index contributed by atoms with van der Waals surface area (Å²) in [6, 6.07) is 9.53. The lowest BCUT2D eigenvalue weighted by Crippen LogP contribution is -2.49. The van der Waals surface area contributed by atoms with Crippen molar-refractivity contribution in [3.05, 3.63) is 69.9 Å². The second-order valence-electron chi connectivity index (χ2n) is 9.10. The summed E-state index contributed by atoms with van der Waals surface area (Å²) in [5, 5.41) is 9.72. The number of hydrogen-bond acceptors (Lipinski definition) is 5. The van der Waals surface area contributed by atoms with E-state index in [1.54, 1.807) is 12.3 Å². The smallest absolute Gasteiger partial charge is 0.257 e. The number of allylic oxidation sites excluding steroid dienone is 5. The monoisotopic (exact) mass is 411 g/mol. The van der Waals surface area contributed by atoms with Crippen LogP contribution in [0.25, 0.3) is 16.5 Å². The number of likely N-dealkylation sites (tertiary alicyclic amines) is 2. The fourth-order valence-electron chi connectivity index (χ4n) is 5.86. The lowest BCUT2D eigenvalue weighted by Gasteiger charge is -2.39. The maximum Gasteiger partial charge on any atom is 0.257 e. The minimum Gasteiger partial charge on any atom is -0.369 e. The van der Waals surface area contributed by atoms with Crippen LogP contribution in [-0.2, 0) is 0 Å². The molecule has 0 aromatic carbocycles. The molecule has 2 bridgehead atoms. The van der Waals surface area contributed by atoms with Gasteiger partial charge in [-0.1, -0.05) is 6.08 Å². The van der Waals surface area contributed by atoms with E-state index in [-0.39, 0.29) is 5.56 Å². The summed E-state index contributed by atoms with van der Waals surface area (Å²) in [4.78, 5) is 25.2. The molecule has 4 aliphatic rings. The first-order valence-electron chi connectivity index (χ1n) is 11.2. The van der Waals surface area contributed by atoms with Crippen molar-refractivity contribution in [1.29, 1.82) is 5.26 Å². The molecule has 4 heterocycles. The molecular weight excluding hydrogens is 386 g/mol. The van der Waals surface area contributed by atoms with Crippen LogP contribution in [0.3, 0.4) is 0 Å². The van der Waals surface area contributed by atoms with Gasteiger partial charge in [0.2, 0.25) is 0 Å². The number of rotatable bonds is 3. The summed E-state index contributed by atoms with van der Waals surface area (Å²) in [6.45, 7) is 2.18. The van der Waals surface area contributed by atoms with E-state index in [9.17, 15) is 4.79 Å². The summed E-state index contributed by atoms with van der Waals surface area (Å²) in [5.74, 6) is 0. The molecule has 0 unspecified atom stereocenters. The SMILES string of the molecule is N#CC1=CC=C(N2C[C@@H]3C[C@H]2CN3[C@H]2C=C(c3cc4ncccc4c(=O)[nH]3)CC2)CC1. The lowest BCUT2D eigenvalue weighted by molar-refractivity contribution is 0.126. The van der Waals surface area contributed by atoms with Gasteiger partial charge in [0.05, 0.1) is 17.0 Å². The Morgan fingerprint density at radius 1 is 1.16 bits per heavy atom. The van der Waals surface area contributed by atoms with E-state index in [0.29, 0.717) is 23.5 Å². The van der Waals surface area contributed by atoms with Gasteiger partial charge in [0.15, 0.2) is 0 Å². The number of nitrogens with one attached hydrogen (secondary N) is 1.